The van der Waals surface area contributed by atoms with Crippen LogP contribution in [0.25, 0.3) is 0 Å². The Morgan fingerprint density at radius 3 is 2.61 bits per heavy atom. The summed E-state index contributed by atoms with van der Waals surface area (Å²) in [7, 11) is -3.87. The minimum Gasteiger partial charge on any atom is -0.336 e. The summed E-state index contributed by atoms with van der Waals surface area (Å²) in [6.07, 6.45) is 3.28. The smallest absolute Gasteiger partial charge is 0.264 e. The number of aliphatic imine (C=N–C) groups is 1. The van der Waals surface area contributed by atoms with E-state index in [0.29, 0.717) is 65.8 Å². The number of aryl methyl sites for hydroxylation is 2. The molecular weight excluding hydrogens is 527 g/mol. The number of hydrogen-bond donors (Lipinski definition) is 1. The number of anilines is 1. The summed E-state index contributed by atoms with van der Waals surface area (Å²) in [5, 5.41) is 0.365. The van der Waals surface area contributed by atoms with Gasteiger partial charge in [-0.1, -0.05) is 29.8 Å². The van der Waals surface area contributed by atoms with Crippen LogP contribution in [0, 0.1) is 12.7 Å². The number of fused-ring (bicyclic) bond motifs is 1. The maximum Gasteiger partial charge on any atom is 0.264 e. The molecule has 1 amide bonds. The van der Waals surface area contributed by atoms with Gasteiger partial charge in [-0.25, -0.2) is 12.8 Å². The number of hydrogen-bond acceptors (Lipinski definition) is 5. The van der Waals surface area contributed by atoms with Crippen molar-refractivity contribution in [3.63, 3.8) is 0 Å². The van der Waals surface area contributed by atoms with Crippen molar-refractivity contribution in [2.24, 2.45) is 4.99 Å². The number of carbonyl (C=O) groups excluding carboxylic acids is 1. The molecule has 5 rings (SSSR count). The van der Waals surface area contributed by atoms with Gasteiger partial charge in [0.05, 0.1) is 11.4 Å². The fourth-order valence-corrected chi connectivity index (χ4v) is 6.29. The number of sulfonamides is 1. The second-order valence-corrected chi connectivity index (χ2v) is 11.6. The standard InChI is InChI=1S/C28H28ClFN4O3S/c1-19-16-21(28(35)34-14-12-33(13-15-34)18-22-7-9-23(29)17-24(22)30)8-10-25(19)32-38(36,37)26-6-2-4-20-5-3-11-31-27(20)26/h2,4,6-11,16-17,32H,3,5,12-15,18H2,1H3. The number of nitrogens with zero attached hydrogens (tertiary/aromatic N) is 3. The summed E-state index contributed by atoms with van der Waals surface area (Å²) in [6, 6.07) is 14.8. The fourth-order valence-electron chi connectivity index (χ4n) is 4.80. The zero-order valence-electron chi connectivity index (χ0n) is 21.0. The molecule has 0 radical (unpaired) electrons. The van der Waals surface area contributed by atoms with Gasteiger partial charge in [-0.05, 0) is 67.3 Å². The van der Waals surface area contributed by atoms with Crippen LogP contribution < -0.4 is 4.72 Å². The highest BCUT2D eigenvalue weighted by Gasteiger charge is 2.25. The Morgan fingerprint density at radius 2 is 1.87 bits per heavy atom. The van der Waals surface area contributed by atoms with Crippen molar-refractivity contribution in [3.8, 4) is 0 Å². The second-order valence-electron chi connectivity index (χ2n) is 9.55. The predicted molar refractivity (Wildman–Crippen MR) is 147 cm³/mol. The number of nitrogens with one attached hydrogen (secondary N) is 1. The Labute approximate surface area is 227 Å². The average molecular weight is 555 g/mol. The van der Waals surface area contributed by atoms with Crippen LogP contribution in [0.5, 0.6) is 0 Å². The number of para-hydroxylation sites is 1. The summed E-state index contributed by atoms with van der Waals surface area (Å²) in [5.41, 5.74) is 3.51. The molecule has 0 aliphatic carbocycles. The first kappa shape index (κ1) is 26.3. The Morgan fingerprint density at radius 1 is 1.08 bits per heavy atom. The molecule has 0 bridgehead atoms. The lowest BCUT2D eigenvalue weighted by Gasteiger charge is -2.35. The molecule has 38 heavy (non-hydrogen) atoms. The van der Waals surface area contributed by atoms with Gasteiger partial charge >= 0.3 is 0 Å². The molecule has 198 valence electrons. The average Bonchev–Trinajstić information content (AvgIpc) is 2.91. The maximum atomic E-state index is 14.2. The summed E-state index contributed by atoms with van der Waals surface area (Å²) >= 11 is 5.84. The van der Waals surface area contributed by atoms with Gasteiger partial charge in [0.2, 0.25) is 0 Å². The third-order valence-corrected chi connectivity index (χ3v) is 8.55. The Kier molecular flexibility index (Phi) is 7.52. The summed E-state index contributed by atoms with van der Waals surface area (Å²) in [6.45, 7) is 4.49. The number of rotatable bonds is 6. The molecule has 0 saturated carbocycles. The highest BCUT2D eigenvalue weighted by molar-refractivity contribution is 7.92. The Bertz CT molecular complexity index is 1520. The minimum absolute atomic E-state index is 0.119. The molecule has 1 saturated heterocycles. The van der Waals surface area contributed by atoms with E-state index in [1.54, 1.807) is 60.5 Å². The molecule has 2 heterocycles. The summed E-state index contributed by atoms with van der Waals surface area (Å²) in [5.74, 6) is -0.451. The van der Waals surface area contributed by atoms with E-state index in [2.05, 4.69) is 14.6 Å². The lowest BCUT2D eigenvalue weighted by molar-refractivity contribution is 0.0627. The van der Waals surface area contributed by atoms with Crippen LogP contribution in [0.4, 0.5) is 15.8 Å². The van der Waals surface area contributed by atoms with E-state index >= 15 is 0 Å². The van der Waals surface area contributed by atoms with Gasteiger partial charge in [0.25, 0.3) is 15.9 Å². The fraction of sp³-hybridized carbons (Fsp3) is 0.286. The number of piperazine rings is 1. The highest BCUT2D eigenvalue weighted by atomic mass is 35.5. The third-order valence-electron chi connectivity index (χ3n) is 6.92. The van der Waals surface area contributed by atoms with E-state index in [0.717, 1.165) is 18.4 Å². The van der Waals surface area contributed by atoms with Crippen LogP contribution in [0.3, 0.4) is 0 Å². The molecule has 1 N–H and O–H groups in total. The van der Waals surface area contributed by atoms with Crippen molar-refractivity contribution in [3.05, 3.63) is 87.7 Å². The number of amides is 1. The zero-order chi connectivity index (χ0) is 26.9. The minimum atomic E-state index is -3.87. The van der Waals surface area contributed by atoms with Crippen molar-refractivity contribution in [2.75, 3.05) is 30.9 Å². The van der Waals surface area contributed by atoms with E-state index in [9.17, 15) is 17.6 Å². The van der Waals surface area contributed by atoms with E-state index in [4.69, 9.17) is 11.6 Å². The first-order valence-electron chi connectivity index (χ1n) is 12.4. The largest absolute Gasteiger partial charge is 0.336 e. The van der Waals surface area contributed by atoms with E-state index in [-0.39, 0.29) is 16.6 Å². The Balaban J connectivity index is 1.24. The van der Waals surface area contributed by atoms with Gasteiger partial charge in [0, 0.05) is 55.1 Å². The summed E-state index contributed by atoms with van der Waals surface area (Å²) in [4.78, 5) is 21.5. The van der Waals surface area contributed by atoms with E-state index in [1.807, 2.05) is 6.07 Å². The molecule has 7 nitrogen and oxygen atoms in total. The number of halogens is 2. The van der Waals surface area contributed by atoms with Crippen LogP contribution in [-0.2, 0) is 23.0 Å². The van der Waals surface area contributed by atoms with Gasteiger partial charge in [0.15, 0.2) is 0 Å². The quantitative estimate of drug-likeness (QED) is 0.454. The van der Waals surface area contributed by atoms with Crippen LogP contribution in [0.1, 0.15) is 33.5 Å². The van der Waals surface area contributed by atoms with Crippen molar-refractivity contribution < 1.29 is 17.6 Å². The monoisotopic (exact) mass is 554 g/mol. The molecule has 3 aromatic rings. The van der Waals surface area contributed by atoms with E-state index in [1.165, 1.54) is 6.07 Å². The lowest BCUT2D eigenvalue weighted by Crippen LogP contribution is -2.48. The molecule has 0 unspecified atom stereocenters. The summed E-state index contributed by atoms with van der Waals surface area (Å²) < 4.78 is 43.2. The predicted octanol–water partition coefficient (Wildman–Crippen LogP) is 5.19. The molecule has 1 fully saturated rings. The van der Waals surface area contributed by atoms with Gasteiger partial charge in [-0.15, -0.1) is 0 Å². The molecule has 2 aliphatic rings. The Hall–Kier alpha value is -3.27. The van der Waals surface area contributed by atoms with Crippen LogP contribution in [0.2, 0.25) is 5.02 Å². The van der Waals surface area contributed by atoms with Gasteiger partial charge in [0.1, 0.15) is 10.7 Å². The molecular formula is C28H28ClFN4O3S. The van der Waals surface area contributed by atoms with Crippen molar-refractivity contribution in [2.45, 2.75) is 31.2 Å². The molecule has 0 spiro atoms. The van der Waals surface area contributed by atoms with Gasteiger partial charge in [-0.2, -0.15) is 0 Å². The lowest BCUT2D eigenvalue weighted by atomic mass is 10.1. The molecule has 2 aliphatic heterocycles. The first-order chi connectivity index (χ1) is 18.2. The third kappa shape index (κ3) is 5.60. The van der Waals surface area contributed by atoms with E-state index < -0.39 is 10.0 Å². The maximum absolute atomic E-state index is 14.2. The van der Waals surface area contributed by atoms with Crippen molar-refractivity contribution >= 4 is 45.1 Å². The molecule has 10 heteroatoms. The van der Waals surface area contributed by atoms with Crippen molar-refractivity contribution in [1.29, 1.82) is 0 Å². The SMILES string of the molecule is Cc1cc(C(=O)N2CCN(Cc3ccc(Cl)cc3F)CC2)ccc1NS(=O)(=O)c1cccc2c1N=CCC2. The van der Waals surface area contributed by atoms with Crippen LogP contribution in [0.15, 0.2) is 64.5 Å². The normalized spacial score (nSPS) is 15.8. The van der Waals surface area contributed by atoms with Crippen LogP contribution >= 0.6 is 11.6 Å². The van der Waals surface area contributed by atoms with Gasteiger partial charge < -0.3 is 4.90 Å². The highest BCUT2D eigenvalue weighted by Crippen LogP contribution is 2.33. The molecule has 0 atom stereocenters. The number of carbonyl (C=O) groups is 1. The zero-order valence-corrected chi connectivity index (χ0v) is 22.5. The van der Waals surface area contributed by atoms with Crippen LogP contribution in [-0.4, -0.2) is 56.5 Å². The second kappa shape index (κ2) is 10.8. The number of benzene rings is 3. The molecule has 0 aromatic heterocycles. The van der Waals surface area contributed by atoms with Crippen molar-refractivity contribution in [1.82, 2.24) is 9.80 Å². The topological polar surface area (TPSA) is 82.1 Å². The van der Waals surface area contributed by atoms with Gasteiger partial charge in [-0.3, -0.25) is 19.4 Å². The molecule has 3 aromatic carbocycles. The first-order valence-corrected chi connectivity index (χ1v) is 14.3.